The minimum absolute atomic E-state index is 0.219. The number of nitrogens with one attached hydrogen (secondary N) is 2. The zero-order valence-electron chi connectivity index (χ0n) is 13.8. The quantitative estimate of drug-likeness (QED) is 0.813. The smallest absolute Gasteiger partial charge is 0.252 e. The van der Waals surface area contributed by atoms with Gasteiger partial charge in [-0.05, 0) is 43.7 Å². The highest BCUT2D eigenvalue weighted by Crippen LogP contribution is 2.33. The summed E-state index contributed by atoms with van der Waals surface area (Å²) >= 11 is 5.40. The van der Waals surface area contributed by atoms with E-state index in [2.05, 4.69) is 10.3 Å². The fourth-order valence-corrected chi connectivity index (χ4v) is 3.34. The van der Waals surface area contributed by atoms with E-state index in [4.69, 9.17) is 21.7 Å². The van der Waals surface area contributed by atoms with Crippen LogP contribution in [0.3, 0.4) is 0 Å². The van der Waals surface area contributed by atoms with Gasteiger partial charge in [-0.3, -0.25) is 9.78 Å². The van der Waals surface area contributed by atoms with Gasteiger partial charge in [0.25, 0.3) is 5.56 Å². The maximum Gasteiger partial charge on any atom is 0.252 e. The van der Waals surface area contributed by atoms with E-state index < -0.39 is 0 Å². The summed E-state index contributed by atoms with van der Waals surface area (Å²) in [6, 6.07) is 7.46. The van der Waals surface area contributed by atoms with Crippen molar-refractivity contribution in [2.45, 2.75) is 25.4 Å². The van der Waals surface area contributed by atoms with Crippen molar-refractivity contribution in [2.24, 2.45) is 0 Å². The monoisotopic (exact) mass is 347 g/mol. The maximum atomic E-state index is 12.0. The molecular formula is C17H21N3O3S. The largest absolute Gasteiger partial charge is 0.497 e. The second-order valence-corrected chi connectivity index (χ2v) is 6.18. The molecule has 128 valence electrons. The van der Waals surface area contributed by atoms with Crippen LogP contribution in [0.5, 0.6) is 11.5 Å². The van der Waals surface area contributed by atoms with Crippen molar-refractivity contribution in [3.05, 3.63) is 39.4 Å². The minimum atomic E-state index is -0.219. The van der Waals surface area contributed by atoms with E-state index in [0.717, 1.165) is 30.6 Å². The third-order valence-corrected chi connectivity index (χ3v) is 4.61. The molecule has 0 bridgehead atoms. The number of hydrogen-bond acceptors (Lipinski definition) is 5. The second kappa shape index (κ2) is 7.19. The van der Waals surface area contributed by atoms with Gasteiger partial charge in [0.15, 0.2) is 4.77 Å². The molecule has 1 atom stereocenters. The van der Waals surface area contributed by atoms with Crippen LogP contribution in [-0.4, -0.2) is 36.4 Å². The van der Waals surface area contributed by atoms with E-state index in [1.54, 1.807) is 26.4 Å². The SMILES string of the molecule is COc1ccc(-c2cc(=O)[nH]c(=S)n2CC2CCCN2)c(OC)c1. The average molecular weight is 347 g/mol. The van der Waals surface area contributed by atoms with E-state index >= 15 is 0 Å². The van der Waals surface area contributed by atoms with Crippen LogP contribution >= 0.6 is 12.2 Å². The fourth-order valence-electron chi connectivity index (χ4n) is 3.07. The van der Waals surface area contributed by atoms with Crippen LogP contribution in [0.4, 0.5) is 0 Å². The number of nitrogens with zero attached hydrogens (tertiary/aromatic N) is 1. The van der Waals surface area contributed by atoms with Gasteiger partial charge in [-0.15, -0.1) is 0 Å². The van der Waals surface area contributed by atoms with Crippen LogP contribution in [-0.2, 0) is 6.54 Å². The number of aromatic nitrogens is 2. The lowest BCUT2D eigenvalue weighted by Gasteiger charge is -2.19. The Bertz CT molecular complexity index is 838. The summed E-state index contributed by atoms with van der Waals surface area (Å²) in [6.07, 6.45) is 2.25. The molecule has 1 fully saturated rings. The molecule has 7 heteroatoms. The van der Waals surface area contributed by atoms with E-state index in [-0.39, 0.29) is 5.56 Å². The van der Waals surface area contributed by atoms with E-state index in [9.17, 15) is 4.79 Å². The van der Waals surface area contributed by atoms with Crippen LogP contribution in [0.2, 0.25) is 0 Å². The van der Waals surface area contributed by atoms with Gasteiger partial charge in [0.1, 0.15) is 11.5 Å². The van der Waals surface area contributed by atoms with Crippen molar-refractivity contribution >= 4 is 12.2 Å². The van der Waals surface area contributed by atoms with Crippen molar-refractivity contribution < 1.29 is 9.47 Å². The van der Waals surface area contributed by atoms with Crippen molar-refractivity contribution in [3.63, 3.8) is 0 Å². The molecule has 1 aromatic carbocycles. The topological polar surface area (TPSA) is 68.3 Å². The van der Waals surface area contributed by atoms with Crippen LogP contribution < -0.4 is 20.3 Å². The Morgan fingerprint density at radius 1 is 1.29 bits per heavy atom. The molecule has 3 rings (SSSR count). The standard InChI is InChI=1S/C17H21N3O3S/c1-22-12-5-6-13(15(8-12)23-2)14-9-16(21)19-17(24)20(14)10-11-4-3-7-18-11/h5-6,8-9,11,18H,3-4,7,10H2,1-2H3,(H,19,21,24). The lowest BCUT2D eigenvalue weighted by molar-refractivity contribution is 0.395. The Balaban J connectivity index is 2.12. The highest BCUT2D eigenvalue weighted by Gasteiger charge is 2.18. The average Bonchev–Trinajstić information content (AvgIpc) is 3.09. The molecule has 24 heavy (non-hydrogen) atoms. The maximum absolute atomic E-state index is 12.0. The zero-order valence-corrected chi connectivity index (χ0v) is 14.6. The lowest BCUT2D eigenvalue weighted by Crippen LogP contribution is -2.29. The second-order valence-electron chi connectivity index (χ2n) is 5.79. The molecular weight excluding hydrogens is 326 g/mol. The lowest BCUT2D eigenvalue weighted by atomic mass is 10.1. The van der Waals surface area contributed by atoms with Crippen LogP contribution in [0, 0.1) is 4.77 Å². The summed E-state index contributed by atoms with van der Waals surface area (Å²) in [5, 5.41) is 3.46. The van der Waals surface area contributed by atoms with Gasteiger partial charge in [-0.25, -0.2) is 0 Å². The molecule has 1 saturated heterocycles. The Kier molecular flexibility index (Phi) is 5.01. The molecule has 0 saturated carbocycles. The summed E-state index contributed by atoms with van der Waals surface area (Å²) in [5.41, 5.74) is 1.34. The Hall–Kier alpha value is -2.12. The van der Waals surface area contributed by atoms with E-state index in [1.165, 1.54) is 0 Å². The van der Waals surface area contributed by atoms with Crippen LogP contribution in [0.1, 0.15) is 12.8 Å². The number of H-pyrrole nitrogens is 1. The van der Waals surface area contributed by atoms with E-state index in [0.29, 0.717) is 28.9 Å². The summed E-state index contributed by atoms with van der Waals surface area (Å²) in [4.78, 5) is 14.7. The highest BCUT2D eigenvalue weighted by molar-refractivity contribution is 7.71. The minimum Gasteiger partial charge on any atom is -0.497 e. The highest BCUT2D eigenvalue weighted by atomic mass is 32.1. The number of methoxy groups -OCH3 is 2. The molecule has 6 nitrogen and oxygen atoms in total. The van der Waals surface area contributed by atoms with Gasteiger partial charge in [-0.2, -0.15) is 0 Å². The first-order valence-electron chi connectivity index (χ1n) is 7.92. The van der Waals surface area contributed by atoms with Gasteiger partial charge in [-0.1, -0.05) is 0 Å². The van der Waals surface area contributed by atoms with Gasteiger partial charge in [0, 0.05) is 30.3 Å². The van der Waals surface area contributed by atoms with Crippen molar-refractivity contribution in [1.82, 2.24) is 14.9 Å². The Labute approximate surface area is 145 Å². The van der Waals surface area contributed by atoms with Gasteiger partial charge in [0.05, 0.1) is 19.9 Å². The number of rotatable bonds is 5. The number of hydrogen-bond donors (Lipinski definition) is 2. The molecule has 1 aliphatic heterocycles. The molecule has 2 heterocycles. The van der Waals surface area contributed by atoms with Crippen molar-refractivity contribution in [2.75, 3.05) is 20.8 Å². The number of ether oxygens (including phenoxy) is 2. The van der Waals surface area contributed by atoms with Crippen molar-refractivity contribution in [3.8, 4) is 22.8 Å². The summed E-state index contributed by atoms with van der Waals surface area (Å²) in [5.74, 6) is 1.34. The first kappa shape index (κ1) is 16.7. The third-order valence-electron chi connectivity index (χ3n) is 4.28. The van der Waals surface area contributed by atoms with Crippen LogP contribution in [0.15, 0.2) is 29.1 Å². The molecule has 2 N–H and O–H groups in total. The normalized spacial score (nSPS) is 17.0. The third kappa shape index (κ3) is 3.37. The fraction of sp³-hybridized carbons (Fsp3) is 0.412. The molecule has 0 spiro atoms. The van der Waals surface area contributed by atoms with Crippen LogP contribution in [0.25, 0.3) is 11.3 Å². The Morgan fingerprint density at radius 3 is 2.79 bits per heavy atom. The molecule has 0 amide bonds. The predicted octanol–water partition coefficient (Wildman–Crippen LogP) is 2.34. The molecule has 1 aromatic heterocycles. The predicted molar refractivity (Wildman–Crippen MR) is 95.5 cm³/mol. The number of benzene rings is 1. The molecule has 1 unspecified atom stereocenters. The van der Waals surface area contributed by atoms with Crippen molar-refractivity contribution in [1.29, 1.82) is 0 Å². The first-order valence-corrected chi connectivity index (χ1v) is 8.33. The first-order chi connectivity index (χ1) is 11.6. The number of aromatic amines is 1. The molecule has 1 aliphatic rings. The molecule has 0 aliphatic carbocycles. The summed E-state index contributed by atoms with van der Waals surface area (Å²) < 4.78 is 13.1. The van der Waals surface area contributed by atoms with Gasteiger partial charge in [0.2, 0.25) is 0 Å². The van der Waals surface area contributed by atoms with Gasteiger partial charge >= 0.3 is 0 Å². The zero-order chi connectivity index (χ0) is 17.1. The summed E-state index contributed by atoms with van der Waals surface area (Å²) in [7, 11) is 3.21. The summed E-state index contributed by atoms with van der Waals surface area (Å²) in [6.45, 7) is 1.72. The Morgan fingerprint density at radius 2 is 2.12 bits per heavy atom. The van der Waals surface area contributed by atoms with Gasteiger partial charge < -0.3 is 19.4 Å². The molecule has 2 aromatic rings. The molecule has 0 radical (unpaired) electrons. The van der Waals surface area contributed by atoms with E-state index in [1.807, 2.05) is 16.7 Å².